The number of benzene rings is 1. The van der Waals surface area contributed by atoms with Crippen molar-refractivity contribution in [1.29, 1.82) is 0 Å². The number of nitrogens with zero attached hydrogens (tertiary/aromatic N) is 1. The van der Waals surface area contributed by atoms with E-state index in [0.717, 1.165) is 12.8 Å². The van der Waals surface area contributed by atoms with Crippen molar-refractivity contribution in [1.82, 2.24) is 4.72 Å². The fraction of sp³-hybridized carbons (Fsp3) is 0.364. The molecule has 0 atom stereocenters. The summed E-state index contributed by atoms with van der Waals surface area (Å²) in [7, 11) is -4.24. The van der Waals surface area contributed by atoms with Gasteiger partial charge in [0.2, 0.25) is 0 Å². The minimum atomic E-state index is -4.24. The van der Waals surface area contributed by atoms with Crippen LogP contribution in [0.5, 0.6) is 0 Å². The van der Waals surface area contributed by atoms with Gasteiger partial charge in [0.1, 0.15) is 5.84 Å². The summed E-state index contributed by atoms with van der Waals surface area (Å²) in [5.41, 5.74) is 0. The Balaban J connectivity index is 2.52. The molecule has 0 aliphatic carbocycles. The second kappa shape index (κ2) is 5.06. The van der Waals surface area contributed by atoms with E-state index in [1.165, 1.54) is 0 Å². The van der Waals surface area contributed by atoms with Gasteiger partial charge in [-0.25, -0.2) is 8.42 Å². The molecule has 4 nitrogen and oxygen atoms in total. The van der Waals surface area contributed by atoms with Crippen LogP contribution in [-0.4, -0.2) is 20.8 Å². The number of halogens is 1. The Morgan fingerprint density at radius 1 is 1.29 bits per heavy atom. The number of rotatable bonds is 2. The van der Waals surface area contributed by atoms with E-state index >= 15 is 0 Å². The third kappa shape index (κ3) is 3.20. The summed E-state index contributed by atoms with van der Waals surface area (Å²) >= 11 is 5.65. The minimum Gasteiger partial charge on any atom is -0.272 e. The average molecular weight is 277 g/mol. The van der Waals surface area contributed by atoms with Gasteiger partial charge in [-0.15, -0.1) is 0 Å². The van der Waals surface area contributed by atoms with Crippen LogP contribution in [0.4, 0.5) is 0 Å². The van der Waals surface area contributed by atoms with E-state index in [0.29, 0.717) is 13.0 Å². The fourth-order valence-electron chi connectivity index (χ4n) is 1.41. The molecule has 1 aliphatic rings. The van der Waals surface area contributed by atoms with Crippen molar-refractivity contribution in [3.8, 4) is 0 Å². The van der Waals surface area contributed by atoms with E-state index in [1.807, 2.05) is 0 Å². The Morgan fingerprint density at radius 2 is 2.00 bits per heavy atom. The van der Waals surface area contributed by atoms with Gasteiger partial charge in [-0.05, 0) is 37.0 Å². The molecule has 0 aromatic heterocycles. The highest BCUT2D eigenvalue weighted by Crippen LogP contribution is 2.14. The normalized spacial score (nSPS) is 19.7. The van der Waals surface area contributed by atoms with E-state index in [9.17, 15) is 8.42 Å². The lowest BCUT2D eigenvalue weighted by molar-refractivity contribution is 0.590. The predicted octanol–water partition coefficient (Wildman–Crippen LogP) is 2.20. The van der Waals surface area contributed by atoms with E-state index in [2.05, 4.69) is 9.71 Å². The predicted molar refractivity (Wildman–Crippen MR) is 67.9 cm³/mol. The summed E-state index contributed by atoms with van der Waals surface area (Å²) in [6.45, 7) is 0.521. The summed E-state index contributed by atoms with van der Waals surface area (Å²) < 4.78 is 57.4. The van der Waals surface area contributed by atoms with E-state index < -0.39 is 44.1 Å². The second-order valence-electron chi connectivity index (χ2n) is 3.53. The maximum atomic E-state index is 12.3. The fourth-order valence-corrected chi connectivity index (χ4v) is 2.45. The zero-order chi connectivity index (χ0) is 15.8. The molecule has 0 radical (unpaired) electrons. The summed E-state index contributed by atoms with van der Waals surface area (Å²) in [5.74, 6) is 0.271. The first-order valence-electron chi connectivity index (χ1n) is 7.07. The molecule has 1 aromatic rings. The summed E-state index contributed by atoms with van der Waals surface area (Å²) in [4.78, 5) is 3.33. The van der Waals surface area contributed by atoms with Gasteiger partial charge < -0.3 is 0 Å². The maximum Gasteiger partial charge on any atom is 0.262 e. The highest BCUT2D eigenvalue weighted by molar-refractivity contribution is 7.90. The summed E-state index contributed by atoms with van der Waals surface area (Å²) in [5, 5.41) is -0.404. The SMILES string of the molecule is [2H]c1c([2H])c(S(=O)(=O)NC2=NCCCC2)c([2H])c([2H])c1Cl. The van der Waals surface area contributed by atoms with E-state index in [4.69, 9.17) is 17.1 Å². The van der Waals surface area contributed by atoms with Crippen LogP contribution in [0.3, 0.4) is 0 Å². The third-order valence-electron chi connectivity index (χ3n) is 2.22. The van der Waals surface area contributed by atoms with Crippen molar-refractivity contribution in [3.63, 3.8) is 0 Å². The third-order valence-corrected chi connectivity index (χ3v) is 3.65. The molecule has 0 spiro atoms. The second-order valence-corrected chi connectivity index (χ2v) is 5.53. The Labute approximate surface area is 111 Å². The van der Waals surface area contributed by atoms with Gasteiger partial charge >= 0.3 is 0 Å². The van der Waals surface area contributed by atoms with Crippen molar-refractivity contribution in [2.24, 2.45) is 4.99 Å². The number of sulfonamides is 1. The zero-order valence-electron chi connectivity index (χ0n) is 12.9. The molecule has 17 heavy (non-hydrogen) atoms. The number of hydrogen-bond donors (Lipinski definition) is 1. The number of nitrogens with one attached hydrogen (secondary N) is 1. The lowest BCUT2D eigenvalue weighted by atomic mass is 10.2. The lowest BCUT2D eigenvalue weighted by Crippen LogP contribution is -2.32. The van der Waals surface area contributed by atoms with Gasteiger partial charge in [-0.3, -0.25) is 9.71 Å². The molecular weight excluding hydrogens is 260 g/mol. The van der Waals surface area contributed by atoms with Crippen LogP contribution < -0.4 is 4.72 Å². The maximum absolute atomic E-state index is 12.3. The minimum absolute atomic E-state index is 0.271. The Bertz CT molecular complexity index is 692. The van der Waals surface area contributed by atoms with Crippen LogP contribution in [0.15, 0.2) is 34.1 Å². The quantitative estimate of drug-likeness (QED) is 0.900. The molecule has 0 unspecified atom stereocenters. The molecule has 1 aliphatic heterocycles. The lowest BCUT2D eigenvalue weighted by Gasteiger charge is -2.14. The first kappa shape index (κ1) is 8.11. The Hall–Kier alpha value is -1.07. The largest absolute Gasteiger partial charge is 0.272 e. The van der Waals surface area contributed by atoms with Crippen molar-refractivity contribution in [3.05, 3.63) is 29.2 Å². The van der Waals surface area contributed by atoms with Crippen molar-refractivity contribution in [2.45, 2.75) is 24.2 Å². The molecule has 0 saturated heterocycles. The molecule has 0 bridgehead atoms. The van der Waals surface area contributed by atoms with E-state index in [1.54, 1.807) is 0 Å². The highest BCUT2D eigenvalue weighted by atomic mass is 35.5. The van der Waals surface area contributed by atoms with Crippen LogP contribution in [0.25, 0.3) is 0 Å². The molecule has 1 aromatic carbocycles. The number of hydrogen-bond acceptors (Lipinski definition) is 3. The molecule has 0 fully saturated rings. The number of amidine groups is 1. The van der Waals surface area contributed by atoms with Crippen LogP contribution in [0, 0.1) is 0 Å². The standard InChI is InChI=1S/C11H13ClN2O2S/c12-9-4-6-10(7-5-9)17(15,16)14-11-3-1-2-8-13-11/h4-7H,1-3,8H2,(H,13,14)/i4D,5D,6D,7D. The van der Waals surface area contributed by atoms with Crippen molar-refractivity contribution in [2.75, 3.05) is 6.54 Å². The topological polar surface area (TPSA) is 58.5 Å². The first-order chi connectivity index (χ1) is 9.75. The van der Waals surface area contributed by atoms with Crippen LogP contribution in [0.1, 0.15) is 24.7 Å². The van der Waals surface area contributed by atoms with Gasteiger partial charge in [0.05, 0.1) is 10.4 Å². The molecule has 0 saturated carbocycles. The molecule has 1 heterocycles. The van der Waals surface area contributed by atoms with Crippen molar-refractivity contribution < 1.29 is 13.9 Å². The first-order valence-corrected chi connectivity index (χ1v) is 6.94. The van der Waals surface area contributed by atoms with Crippen molar-refractivity contribution >= 4 is 27.5 Å². The van der Waals surface area contributed by atoms with Crippen LogP contribution in [0.2, 0.25) is 5.02 Å². The van der Waals surface area contributed by atoms with Crippen LogP contribution >= 0.6 is 11.6 Å². The Morgan fingerprint density at radius 3 is 2.59 bits per heavy atom. The number of aliphatic imine (C=N–C) groups is 1. The van der Waals surface area contributed by atoms with Gasteiger partial charge in [-0.2, -0.15) is 0 Å². The van der Waals surface area contributed by atoms with E-state index in [-0.39, 0.29) is 5.84 Å². The molecule has 2 rings (SSSR count). The van der Waals surface area contributed by atoms with Crippen LogP contribution in [-0.2, 0) is 10.0 Å². The molecular formula is C11H13ClN2O2S. The Kier molecular flexibility index (Phi) is 2.41. The molecule has 0 amide bonds. The molecule has 6 heteroatoms. The smallest absolute Gasteiger partial charge is 0.262 e. The summed E-state index contributed by atoms with van der Waals surface area (Å²) in [6.07, 6.45) is 2.15. The molecule has 92 valence electrons. The van der Waals surface area contributed by atoms with Gasteiger partial charge in [-0.1, -0.05) is 11.6 Å². The van der Waals surface area contributed by atoms with Gasteiger partial charge in [0.25, 0.3) is 10.0 Å². The summed E-state index contributed by atoms with van der Waals surface area (Å²) in [6, 6.07) is -2.54. The van der Waals surface area contributed by atoms with Gasteiger partial charge in [0, 0.05) is 18.0 Å². The van der Waals surface area contributed by atoms with Gasteiger partial charge in [0.15, 0.2) is 0 Å². The molecule has 1 N–H and O–H groups in total. The zero-order valence-corrected chi connectivity index (χ0v) is 10.5. The highest BCUT2D eigenvalue weighted by Gasteiger charge is 2.17. The monoisotopic (exact) mass is 276 g/mol. The average Bonchev–Trinajstić information content (AvgIpc) is 2.43.